The molecule has 0 bridgehead atoms. The van der Waals surface area contributed by atoms with Gasteiger partial charge in [-0.05, 0) is 20.0 Å². The van der Waals surface area contributed by atoms with Crippen molar-refractivity contribution in [3.8, 4) is 0 Å². The van der Waals surface area contributed by atoms with Crippen LogP contribution in [0.3, 0.4) is 0 Å². The van der Waals surface area contributed by atoms with Gasteiger partial charge in [0, 0.05) is 40.9 Å². The molecule has 0 saturated heterocycles. The molecule has 0 rings (SSSR count). The highest BCUT2D eigenvalue weighted by molar-refractivity contribution is 7.86. The van der Waals surface area contributed by atoms with E-state index in [0.717, 1.165) is 13.0 Å². The van der Waals surface area contributed by atoms with Crippen LogP contribution in [0.25, 0.3) is 0 Å². The Morgan fingerprint density at radius 1 is 1.05 bits per heavy atom. The summed E-state index contributed by atoms with van der Waals surface area (Å²) in [5.41, 5.74) is 0. The van der Waals surface area contributed by atoms with Gasteiger partial charge in [0.15, 0.2) is 0 Å². The summed E-state index contributed by atoms with van der Waals surface area (Å²) in [6, 6.07) is 0. The van der Waals surface area contributed by atoms with Crippen LogP contribution in [0.15, 0.2) is 0 Å². The predicted octanol–water partition coefficient (Wildman–Crippen LogP) is -0.633. The van der Waals surface area contributed by atoms with Crippen LogP contribution in [0.2, 0.25) is 0 Å². The third-order valence-electron chi connectivity index (χ3n) is 2.71. The molecular weight excluding hydrogens is 270 g/mol. The molecule has 0 heterocycles. The Balaban J connectivity index is 4.55. The van der Waals surface area contributed by atoms with Crippen molar-refractivity contribution in [2.45, 2.75) is 6.42 Å². The molecule has 0 radical (unpaired) electrons. The van der Waals surface area contributed by atoms with Crippen molar-refractivity contribution in [3.05, 3.63) is 0 Å². The zero-order valence-electron chi connectivity index (χ0n) is 12.4. The van der Waals surface area contributed by atoms with Gasteiger partial charge in [-0.25, -0.2) is 0 Å². The second kappa shape index (κ2) is 10.5. The normalized spacial score (nSPS) is 12.5. The lowest BCUT2D eigenvalue weighted by molar-refractivity contribution is 0.147. The molecule has 0 aromatic carbocycles. The molecule has 0 aliphatic rings. The van der Waals surface area contributed by atoms with Gasteiger partial charge in [-0.3, -0.25) is 0 Å². The van der Waals surface area contributed by atoms with Crippen LogP contribution >= 0.6 is 0 Å². The first-order valence-electron chi connectivity index (χ1n) is 6.34. The van der Waals surface area contributed by atoms with E-state index in [9.17, 15) is 8.42 Å². The van der Waals surface area contributed by atoms with Crippen molar-refractivity contribution >= 4 is 10.2 Å². The van der Waals surface area contributed by atoms with Crippen LogP contribution < -0.4 is 5.32 Å². The maximum Gasteiger partial charge on any atom is 0.281 e. The maximum atomic E-state index is 12.4. The fourth-order valence-corrected chi connectivity index (χ4v) is 2.88. The van der Waals surface area contributed by atoms with E-state index in [-0.39, 0.29) is 0 Å². The second-order valence-electron chi connectivity index (χ2n) is 4.17. The first-order valence-corrected chi connectivity index (χ1v) is 7.74. The highest BCUT2D eigenvalue weighted by Crippen LogP contribution is 2.06. The first kappa shape index (κ1) is 18.8. The molecule has 8 heteroatoms. The topological polar surface area (TPSA) is 71.1 Å². The van der Waals surface area contributed by atoms with Crippen LogP contribution in [0.5, 0.6) is 0 Å². The van der Waals surface area contributed by atoms with Crippen molar-refractivity contribution in [1.82, 2.24) is 13.9 Å². The molecule has 19 heavy (non-hydrogen) atoms. The van der Waals surface area contributed by atoms with E-state index in [0.29, 0.717) is 32.8 Å². The SMILES string of the molecule is CNCCCN(C)S(=O)(=O)N(CCOC)CCOC. The molecule has 0 saturated carbocycles. The second-order valence-corrected chi connectivity index (χ2v) is 6.21. The van der Waals surface area contributed by atoms with Crippen molar-refractivity contribution in [1.29, 1.82) is 0 Å². The number of hydrogen-bond acceptors (Lipinski definition) is 5. The highest BCUT2D eigenvalue weighted by Gasteiger charge is 2.25. The van der Waals surface area contributed by atoms with Gasteiger partial charge in [0.2, 0.25) is 0 Å². The Kier molecular flexibility index (Phi) is 10.4. The summed E-state index contributed by atoms with van der Waals surface area (Å²) in [6.45, 7) is 2.67. The Bertz CT molecular complexity index is 303. The fourth-order valence-electron chi connectivity index (χ4n) is 1.52. The number of hydrogen-bond donors (Lipinski definition) is 1. The van der Waals surface area contributed by atoms with E-state index in [4.69, 9.17) is 9.47 Å². The number of rotatable bonds is 12. The Morgan fingerprint density at radius 3 is 2.00 bits per heavy atom. The molecule has 0 aromatic rings. The molecule has 0 unspecified atom stereocenters. The van der Waals surface area contributed by atoms with E-state index in [1.165, 1.54) is 8.61 Å². The van der Waals surface area contributed by atoms with E-state index in [1.54, 1.807) is 21.3 Å². The van der Waals surface area contributed by atoms with E-state index in [2.05, 4.69) is 5.32 Å². The molecule has 0 spiro atoms. The quantitative estimate of drug-likeness (QED) is 0.486. The van der Waals surface area contributed by atoms with Crippen molar-refractivity contribution in [3.63, 3.8) is 0 Å². The van der Waals surface area contributed by atoms with Gasteiger partial charge in [0.1, 0.15) is 0 Å². The van der Waals surface area contributed by atoms with Crippen molar-refractivity contribution in [2.24, 2.45) is 0 Å². The van der Waals surface area contributed by atoms with Crippen LogP contribution in [0, 0.1) is 0 Å². The monoisotopic (exact) mass is 297 g/mol. The Labute approximate surface area is 117 Å². The molecule has 0 amide bonds. The number of nitrogens with zero attached hydrogens (tertiary/aromatic N) is 2. The van der Waals surface area contributed by atoms with Crippen molar-refractivity contribution < 1.29 is 17.9 Å². The highest BCUT2D eigenvalue weighted by atomic mass is 32.2. The van der Waals surface area contributed by atoms with Crippen LogP contribution in [-0.4, -0.2) is 84.7 Å². The summed E-state index contributed by atoms with van der Waals surface area (Å²) in [4.78, 5) is 0. The molecule has 0 aliphatic carbocycles. The van der Waals surface area contributed by atoms with Crippen LogP contribution in [0.1, 0.15) is 6.42 Å². The number of nitrogens with one attached hydrogen (secondary N) is 1. The lowest BCUT2D eigenvalue weighted by Crippen LogP contribution is -2.45. The van der Waals surface area contributed by atoms with Gasteiger partial charge in [-0.1, -0.05) is 0 Å². The summed E-state index contributed by atoms with van der Waals surface area (Å²) in [5.74, 6) is 0. The summed E-state index contributed by atoms with van der Waals surface area (Å²) < 4.78 is 37.4. The van der Waals surface area contributed by atoms with E-state index in [1.807, 2.05) is 7.05 Å². The van der Waals surface area contributed by atoms with Crippen molar-refractivity contribution in [2.75, 3.05) is 67.7 Å². The van der Waals surface area contributed by atoms with Gasteiger partial charge in [-0.2, -0.15) is 17.0 Å². The average molecular weight is 297 g/mol. The van der Waals surface area contributed by atoms with Crippen LogP contribution in [-0.2, 0) is 19.7 Å². The smallest absolute Gasteiger partial charge is 0.281 e. The van der Waals surface area contributed by atoms with E-state index < -0.39 is 10.2 Å². The van der Waals surface area contributed by atoms with E-state index >= 15 is 0 Å². The summed E-state index contributed by atoms with van der Waals surface area (Å²) in [7, 11) is 3.10. The summed E-state index contributed by atoms with van der Waals surface area (Å²) in [5, 5.41) is 3.00. The van der Waals surface area contributed by atoms with Gasteiger partial charge in [0.05, 0.1) is 13.2 Å². The van der Waals surface area contributed by atoms with Gasteiger partial charge < -0.3 is 14.8 Å². The Hall–Kier alpha value is -0.250. The molecule has 1 N–H and O–H groups in total. The Morgan fingerprint density at radius 2 is 1.58 bits per heavy atom. The molecule has 0 atom stereocenters. The third kappa shape index (κ3) is 7.19. The standard InChI is InChI=1S/C11H27N3O4S/c1-12-6-5-7-13(2)19(15,16)14(8-10-17-3)9-11-18-4/h12H,5-11H2,1-4H3. The minimum atomic E-state index is -3.45. The number of methoxy groups -OCH3 is 2. The lowest BCUT2D eigenvalue weighted by Gasteiger charge is -2.27. The molecule has 7 nitrogen and oxygen atoms in total. The fraction of sp³-hybridized carbons (Fsp3) is 1.00. The van der Waals surface area contributed by atoms with Gasteiger partial charge in [0.25, 0.3) is 10.2 Å². The minimum absolute atomic E-state index is 0.332. The average Bonchev–Trinajstić information content (AvgIpc) is 2.38. The molecule has 0 aromatic heterocycles. The molecule has 116 valence electrons. The zero-order valence-corrected chi connectivity index (χ0v) is 13.2. The lowest BCUT2D eigenvalue weighted by atomic mass is 10.4. The van der Waals surface area contributed by atoms with Gasteiger partial charge >= 0.3 is 0 Å². The van der Waals surface area contributed by atoms with Gasteiger partial charge in [-0.15, -0.1) is 0 Å². The van der Waals surface area contributed by atoms with Crippen LogP contribution in [0.4, 0.5) is 0 Å². The summed E-state index contributed by atoms with van der Waals surface area (Å²) >= 11 is 0. The first-order chi connectivity index (χ1) is 9.00. The largest absolute Gasteiger partial charge is 0.383 e. The number of ether oxygens (including phenoxy) is 2. The maximum absolute atomic E-state index is 12.4. The zero-order chi connectivity index (χ0) is 14.7. The molecular formula is C11H27N3O4S. The molecule has 0 aliphatic heterocycles. The third-order valence-corrected chi connectivity index (χ3v) is 4.70. The molecule has 0 fully saturated rings. The summed E-state index contributed by atoms with van der Waals surface area (Å²) in [6.07, 6.45) is 0.772. The predicted molar refractivity (Wildman–Crippen MR) is 75.4 cm³/mol. The minimum Gasteiger partial charge on any atom is -0.383 e.